The molecular formula is C8H16BrN. The second-order valence-corrected chi connectivity index (χ2v) is 3.82. The molecule has 2 heteroatoms. The molecule has 0 radical (unpaired) electrons. The summed E-state index contributed by atoms with van der Waals surface area (Å²) < 4.78 is 0. The molecule has 0 heterocycles. The summed E-state index contributed by atoms with van der Waals surface area (Å²) in [5.41, 5.74) is 0. The third-order valence-electron chi connectivity index (χ3n) is 1.91. The van der Waals surface area contributed by atoms with Crippen LogP contribution in [0.3, 0.4) is 0 Å². The second-order valence-electron chi connectivity index (χ2n) is 3.02. The van der Waals surface area contributed by atoms with Gasteiger partial charge in [0.2, 0.25) is 0 Å². The van der Waals surface area contributed by atoms with Crippen molar-refractivity contribution in [1.82, 2.24) is 5.32 Å². The fourth-order valence-corrected chi connectivity index (χ4v) is 1.31. The molecular weight excluding hydrogens is 190 g/mol. The van der Waals surface area contributed by atoms with Gasteiger partial charge in [0.15, 0.2) is 0 Å². The highest BCUT2D eigenvalue weighted by atomic mass is 79.9. The van der Waals surface area contributed by atoms with Crippen molar-refractivity contribution in [1.29, 1.82) is 0 Å². The number of nitrogens with one attached hydrogen (secondary N) is 1. The Balaban J connectivity index is 1.68. The molecule has 1 aliphatic rings. The molecule has 0 bridgehead atoms. The molecule has 60 valence electrons. The molecule has 1 nitrogen and oxygen atoms in total. The Morgan fingerprint density at radius 2 is 2.10 bits per heavy atom. The molecule has 0 spiro atoms. The lowest BCUT2D eigenvalue weighted by atomic mass is 10.3. The number of hydrogen-bond donors (Lipinski definition) is 1. The van der Waals surface area contributed by atoms with Gasteiger partial charge >= 0.3 is 0 Å². The van der Waals surface area contributed by atoms with E-state index in [0.717, 1.165) is 11.2 Å². The molecule has 0 aromatic carbocycles. The van der Waals surface area contributed by atoms with Gasteiger partial charge in [0, 0.05) is 5.33 Å². The maximum atomic E-state index is 3.43. The third-order valence-corrected chi connectivity index (χ3v) is 2.47. The Morgan fingerprint density at radius 1 is 1.30 bits per heavy atom. The normalized spacial score (nSPS) is 17.7. The lowest BCUT2D eigenvalue weighted by Gasteiger charge is -2.00. The van der Waals surface area contributed by atoms with Gasteiger partial charge in [-0.15, -0.1) is 0 Å². The molecule has 0 amide bonds. The van der Waals surface area contributed by atoms with Gasteiger partial charge in [-0.1, -0.05) is 28.8 Å². The zero-order valence-corrected chi connectivity index (χ0v) is 7.99. The SMILES string of the molecule is BrCCCNCCC1CC1. The minimum Gasteiger partial charge on any atom is -0.317 e. The van der Waals surface area contributed by atoms with Crippen molar-refractivity contribution in [2.45, 2.75) is 25.7 Å². The van der Waals surface area contributed by atoms with Gasteiger partial charge in [-0.05, 0) is 31.8 Å². The van der Waals surface area contributed by atoms with Crippen LogP contribution in [0.25, 0.3) is 0 Å². The number of halogens is 1. The smallest absolute Gasteiger partial charge is 0.00433 e. The van der Waals surface area contributed by atoms with E-state index in [9.17, 15) is 0 Å². The second kappa shape index (κ2) is 5.14. The summed E-state index contributed by atoms with van der Waals surface area (Å²) in [5, 5.41) is 4.56. The van der Waals surface area contributed by atoms with Crippen molar-refractivity contribution >= 4 is 15.9 Å². The van der Waals surface area contributed by atoms with Gasteiger partial charge in [-0.3, -0.25) is 0 Å². The molecule has 0 unspecified atom stereocenters. The van der Waals surface area contributed by atoms with Crippen molar-refractivity contribution in [3.63, 3.8) is 0 Å². The molecule has 1 rings (SSSR count). The summed E-state index contributed by atoms with van der Waals surface area (Å²) in [6, 6.07) is 0. The van der Waals surface area contributed by atoms with Crippen molar-refractivity contribution in [2.75, 3.05) is 18.4 Å². The van der Waals surface area contributed by atoms with Crippen molar-refractivity contribution in [3.8, 4) is 0 Å². The van der Waals surface area contributed by atoms with Crippen molar-refractivity contribution < 1.29 is 0 Å². The maximum Gasteiger partial charge on any atom is 0.00433 e. The fourth-order valence-electron chi connectivity index (χ4n) is 1.03. The lowest BCUT2D eigenvalue weighted by molar-refractivity contribution is 0.610. The van der Waals surface area contributed by atoms with E-state index < -0.39 is 0 Å². The largest absolute Gasteiger partial charge is 0.317 e. The monoisotopic (exact) mass is 205 g/mol. The van der Waals surface area contributed by atoms with Gasteiger partial charge in [0.05, 0.1) is 0 Å². The Morgan fingerprint density at radius 3 is 2.70 bits per heavy atom. The van der Waals surface area contributed by atoms with Crippen LogP contribution in [-0.2, 0) is 0 Å². The summed E-state index contributed by atoms with van der Waals surface area (Å²) in [7, 11) is 0. The first-order valence-corrected chi connectivity index (χ1v) is 5.32. The van der Waals surface area contributed by atoms with E-state index in [2.05, 4.69) is 21.2 Å². The van der Waals surface area contributed by atoms with Gasteiger partial charge in [0.1, 0.15) is 0 Å². The fraction of sp³-hybridized carbons (Fsp3) is 1.00. The zero-order chi connectivity index (χ0) is 7.23. The third kappa shape index (κ3) is 4.29. The molecule has 0 atom stereocenters. The average molecular weight is 206 g/mol. The van der Waals surface area contributed by atoms with Gasteiger partial charge < -0.3 is 5.32 Å². The maximum absolute atomic E-state index is 3.43. The minimum atomic E-state index is 1.08. The highest BCUT2D eigenvalue weighted by molar-refractivity contribution is 9.09. The average Bonchev–Trinajstić information content (AvgIpc) is 2.71. The summed E-state index contributed by atoms with van der Waals surface area (Å²) in [4.78, 5) is 0. The Labute approximate surface area is 71.7 Å². The first-order chi connectivity index (χ1) is 4.93. The predicted octanol–water partition coefficient (Wildman–Crippen LogP) is 2.16. The van der Waals surface area contributed by atoms with Gasteiger partial charge in [-0.2, -0.15) is 0 Å². The quantitative estimate of drug-likeness (QED) is 0.518. The number of rotatable bonds is 6. The van der Waals surface area contributed by atoms with Crippen LogP contribution in [0.5, 0.6) is 0 Å². The first kappa shape index (κ1) is 8.54. The highest BCUT2D eigenvalue weighted by Crippen LogP contribution is 2.31. The predicted molar refractivity (Wildman–Crippen MR) is 48.6 cm³/mol. The summed E-state index contributed by atoms with van der Waals surface area (Å²) in [6.45, 7) is 2.41. The number of alkyl halides is 1. The molecule has 1 N–H and O–H groups in total. The Kier molecular flexibility index (Phi) is 4.39. The Bertz CT molecular complexity index is 81.3. The van der Waals surface area contributed by atoms with E-state index >= 15 is 0 Å². The molecule has 1 fully saturated rings. The molecule has 0 aliphatic heterocycles. The van der Waals surface area contributed by atoms with Crippen molar-refractivity contribution in [2.24, 2.45) is 5.92 Å². The molecule has 0 aromatic rings. The van der Waals surface area contributed by atoms with E-state index in [0.29, 0.717) is 0 Å². The van der Waals surface area contributed by atoms with E-state index in [1.165, 1.54) is 38.8 Å². The molecule has 1 aliphatic carbocycles. The van der Waals surface area contributed by atoms with E-state index in [1.54, 1.807) is 0 Å². The van der Waals surface area contributed by atoms with Crippen LogP contribution in [0.4, 0.5) is 0 Å². The van der Waals surface area contributed by atoms with E-state index in [1.807, 2.05) is 0 Å². The summed E-state index contributed by atoms with van der Waals surface area (Å²) >= 11 is 3.40. The molecule has 10 heavy (non-hydrogen) atoms. The van der Waals surface area contributed by atoms with Crippen LogP contribution >= 0.6 is 15.9 Å². The molecule has 0 saturated heterocycles. The van der Waals surface area contributed by atoms with Crippen LogP contribution in [-0.4, -0.2) is 18.4 Å². The highest BCUT2D eigenvalue weighted by Gasteiger charge is 2.19. The molecule has 0 aromatic heterocycles. The van der Waals surface area contributed by atoms with Crippen LogP contribution in [0.15, 0.2) is 0 Å². The Hall–Kier alpha value is 0.440. The van der Waals surface area contributed by atoms with E-state index in [-0.39, 0.29) is 0 Å². The standard InChI is InChI=1S/C8H16BrN/c9-5-1-6-10-7-4-8-2-3-8/h8,10H,1-7H2. The van der Waals surface area contributed by atoms with E-state index in [4.69, 9.17) is 0 Å². The van der Waals surface area contributed by atoms with Crippen LogP contribution < -0.4 is 5.32 Å². The van der Waals surface area contributed by atoms with Crippen LogP contribution in [0.1, 0.15) is 25.7 Å². The van der Waals surface area contributed by atoms with Crippen LogP contribution in [0.2, 0.25) is 0 Å². The minimum absolute atomic E-state index is 1.08. The first-order valence-electron chi connectivity index (χ1n) is 4.20. The van der Waals surface area contributed by atoms with Crippen molar-refractivity contribution in [3.05, 3.63) is 0 Å². The zero-order valence-electron chi connectivity index (χ0n) is 6.41. The van der Waals surface area contributed by atoms with Crippen LogP contribution in [0, 0.1) is 5.92 Å². The van der Waals surface area contributed by atoms with Gasteiger partial charge in [0.25, 0.3) is 0 Å². The summed E-state index contributed by atoms with van der Waals surface area (Å²) in [6.07, 6.45) is 5.63. The van der Waals surface area contributed by atoms with Gasteiger partial charge in [-0.25, -0.2) is 0 Å². The topological polar surface area (TPSA) is 12.0 Å². The molecule has 1 saturated carbocycles. The summed E-state index contributed by atoms with van der Waals surface area (Å²) in [5.74, 6) is 1.08. The lowest BCUT2D eigenvalue weighted by Crippen LogP contribution is -2.17. The number of hydrogen-bond acceptors (Lipinski definition) is 1.